The predicted octanol–water partition coefficient (Wildman–Crippen LogP) is 3.21. The van der Waals surface area contributed by atoms with Crippen LogP contribution in [0.1, 0.15) is 45.2 Å². The summed E-state index contributed by atoms with van der Waals surface area (Å²) in [6.45, 7) is 4.03. The standard InChI is InChI=1S/C15H20N2O/c1-9(2)14(13-7-16-8-17-13)15(18)12-6-10-3-4-11(12)5-10/h7-8,10-12H,3-6H2,1-2H3,(H,16,17). The molecule has 3 rings (SSSR count). The van der Waals surface area contributed by atoms with Crippen LogP contribution >= 0.6 is 0 Å². The van der Waals surface area contributed by atoms with E-state index in [0.29, 0.717) is 11.7 Å². The van der Waals surface area contributed by atoms with E-state index in [-0.39, 0.29) is 5.92 Å². The molecule has 2 bridgehead atoms. The number of nitrogens with zero attached hydrogens (tertiary/aromatic N) is 1. The Kier molecular flexibility index (Phi) is 2.84. The van der Waals surface area contributed by atoms with Gasteiger partial charge in [-0.3, -0.25) is 4.79 Å². The second kappa shape index (κ2) is 4.38. The van der Waals surface area contributed by atoms with E-state index in [1.54, 1.807) is 12.5 Å². The van der Waals surface area contributed by atoms with Gasteiger partial charge in [-0.05, 0) is 44.9 Å². The van der Waals surface area contributed by atoms with Crippen LogP contribution in [-0.2, 0) is 4.79 Å². The van der Waals surface area contributed by atoms with Crippen molar-refractivity contribution < 1.29 is 4.79 Å². The van der Waals surface area contributed by atoms with Crippen molar-refractivity contribution >= 4 is 11.4 Å². The maximum atomic E-state index is 12.8. The highest BCUT2D eigenvalue weighted by molar-refractivity contribution is 6.22. The second-order valence-electron chi connectivity index (χ2n) is 5.99. The van der Waals surface area contributed by atoms with Gasteiger partial charge in [0.25, 0.3) is 0 Å². The van der Waals surface area contributed by atoms with E-state index in [2.05, 4.69) is 9.97 Å². The number of carbonyl (C=O) groups excluding carboxylic acids is 1. The number of hydrogen-bond donors (Lipinski definition) is 1. The average Bonchev–Trinajstić information content (AvgIpc) is 3.05. The van der Waals surface area contributed by atoms with Crippen molar-refractivity contribution in [2.75, 3.05) is 0 Å². The van der Waals surface area contributed by atoms with Gasteiger partial charge in [-0.15, -0.1) is 0 Å². The van der Waals surface area contributed by atoms with Crippen molar-refractivity contribution in [3.8, 4) is 0 Å². The molecule has 1 heterocycles. The predicted molar refractivity (Wildman–Crippen MR) is 70.8 cm³/mol. The van der Waals surface area contributed by atoms with E-state index in [1.165, 1.54) is 19.3 Å². The number of fused-ring (bicyclic) bond motifs is 2. The zero-order valence-electron chi connectivity index (χ0n) is 11.1. The molecule has 2 aliphatic carbocycles. The molecule has 1 aromatic rings. The van der Waals surface area contributed by atoms with Crippen molar-refractivity contribution in [2.24, 2.45) is 17.8 Å². The Hall–Kier alpha value is -1.38. The molecule has 18 heavy (non-hydrogen) atoms. The molecule has 1 aromatic heterocycles. The molecular formula is C15H20N2O. The molecular weight excluding hydrogens is 224 g/mol. The molecule has 3 heteroatoms. The summed E-state index contributed by atoms with van der Waals surface area (Å²) in [6.07, 6.45) is 8.37. The Labute approximate surface area is 108 Å². The molecule has 3 nitrogen and oxygen atoms in total. The third-order valence-electron chi connectivity index (χ3n) is 4.59. The molecule has 2 aliphatic rings. The van der Waals surface area contributed by atoms with Crippen molar-refractivity contribution in [3.63, 3.8) is 0 Å². The lowest BCUT2D eigenvalue weighted by molar-refractivity contribution is -0.118. The SMILES string of the molecule is CC(C)=C(C(=O)C1CC2CCC1C2)c1cnc[nH]1. The fraction of sp³-hybridized carbons (Fsp3) is 0.600. The summed E-state index contributed by atoms with van der Waals surface area (Å²) >= 11 is 0. The van der Waals surface area contributed by atoms with Crippen LogP contribution in [0.2, 0.25) is 0 Å². The Balaban J connectivity index is 1.89. The molecule has 0 saturated heterocycles. The summed E-state index contributed by atoms with van der Waals surface area (Å²) in [5.41, 5.74) is 2.83. The van der Waals surface area contributed by atoms with Gasteiger partial charge in [0.05, 0.1) is 18.2 Å². The van der Waals surface area contributed by atoms with Crippen LogP contribution in [-0.4, -0.2) is 15.8 Å². The summed E-state index contributed by atoms with van der Waals surface area (Å²) in [5.74, 6) is 2.05. The smallest absolute Gasteiger partial charge is 0.168 e. The van der Waals surface area contributed by atoms with Gasteiger partial charge in [-0.1, -0.05) is 12.0 Å². The van der Waals surface area contributed by atoms with Gasteiger partial charge < -0.3 is 4.98 Å². The van der Waals surface area contributed by atoms with E-state index < -0.39 is 0 Å². The zero-order chi connectivity index (χ0) is 12.7. The summed E-state index contributed by atoms with van der Waals surface area (Å²) in [6, 6.07) is 0. The van der Waals surface area contributed by atoms with Crippen molar-refractivity contribution in [1.82, 2.24) is 9.97 Å². The minimum atomic E-state index is 0.261. The normalized spacial score (nSPS) is 29.6. The molecule has 3 unspecified atom stereocenters. The number of carbonyl (C=O) groups is 1. The van der Waals surface area contributed by atoms with Crippen LogP contribution in [0.4, 0.5) is 0 Å². The average molecular weight is 244 g/mol. The molecule has 2 saturated carbocycles. The van der Waals surface area contributed by atoms with E-state index in [1.807, 2.05) is 13.8 Å². The molecule has 0 radical (unpaired) electrons. The number of ketones is 1. The van der Waals surface area contributed by atoms with Crippen LogP contribution in [0.15, 0.2) is 18.1 Å². The maximum absolute atomic E-state index is 12.8. The molecule has 2 fully saturated rings. The van der Waals surface area contributed by atoms with Gasteiger partial charge in [-0.2, -0.15) is 0 Å². The lowest BCUT2D eigenvalue weighted by Gasteiger charge is -2.22. The van der Waals surface area contributed by atoms with E-state index >= 15 is 0 Å². The van der Waals surface area contributed by atoms with E-state index in [0.717, 1.165) is 29.2 Å². The first-order valence-electron chi connectivity index (χ1n) is 6.87. The fourth-order valence-electron chi connectivity index (χ4n) is 3.79. The maximum Gasteiger partial charge on any atom is 0.168 e. The van der Waals surface area contributed by atoms with Crippen molar-refractivity contribution in [3.05, 3.63) is 23.8 Å². The number of nitrogens with one attached hydrogen (secondary N) is 1. The van der Waals surface area contributed by atoms with E-state index in [4.69, 9.17) is 0 Å². The van der Waals surface area contributed by atoms with Crippen molar-refractivity contribution in [1.29, 1.82) is 0 Å². The Morgan fingerprint density at radius 3 is 2.67 bits per heavy atom. The summed E-state index contributed by atoms with van der Waals surface area (Å²) in [5, 5.41) is 0. The number of imidazole rings is 1. The Bertz CT molecular complexity index is 483. The highest BCUT2D eigenvalue weighted by atomic mass is 16.1. The first-order valence-corrected chi connectivity index (χ1v) is 6.87. The monoisotopic (exact) mass is 244 g/mol. The lowest BCUT2D eigenvalue weighted by Crippen LogP contribution is -2.22. The summed E-state index contributed by atoms with van der Waals surface area (Å²) < 4.78 is 0. The Morgan fingerprint density at radius 2 is 2.17 bits per heavy atom. The van der Waals surface area contributed by atoms with Gasteiger partial charge >= 0.3 is 0 Å². The van der Waals surface area contributed by atoms with Crippen molar-refractivity contribution in [2.45, 2.75) is 39.5 Å². The molecule has 0 aliphatic heterocycles. The Morgan fingerprint density at radius 1 is 1.33 bits per heavy atom. The molecule has 1 N–H and O–H groups in total. The largest absolute Gasteiger partial charge is 0.345 e. The summed E-state index contributed by atoms with van der Waals surface area (Å²) in [4.78, 5) is 19.9. The first-order chi connectivity index (χ1) is 8.66. The van der Waals surface area contributed by atoms with Crippen LogP contribution in [0.5, 0.6) is 0 Å². The topological polar surface area (TPSA) is 45.8 Å². The number of H-pyrrole nitrogens is 1. The van der Waals surface area contributed by atoms with E-state index in [9.17, 15) is 4.79 Å². The number of allylic oxidation sites excluding steroid dienone is 2. The van der Waals surface area contributed by atoms with Crippen LogP contribution in [0.3, 0.4) is 0 Å². The zero-order valence-corrected chi connectivity index (χ0v) is 11.1. The van der Waals surface area contributed by atoms with Gasteiger partial charge in [0, 0.05) is 11.5 Å². The second-order valence-corrected chi connectivity index (χ2v) is 5.99. The highest BCUT2D eigenvalue weighted by Crippen LogP contribution is 2.49. The highest BCUT2D eigenvalue weighted by Gasteiger charge is 2.43. The first kappa shape index (κ1) is 11.7. The number of Topliss-reactive ketones (excluding diaryl/α,β-unsaturated/α-hetero) is 1. The quantitative estimate of drug-likeness (QED) is 0.830. The summed E-state index contributed by atoms with van der Waals surface area (Å²) in [7, 11) is 0. The molecule has 96 valence electrons. The van der Waals surface area contributed by atoms with Gasteiger partial charge in [-0.25, -0.2) is 4.98 Å². The van der Waals surface area contributed by atoms with Crippen LogP contribution in [0.25, 0.3) is 5.57 Å². The third kappa shape index (κ3) is 1.82. The molecule has 0 amide bonds. The number of hydrogen-bond acceptors (Lipinski definition) is 2. The lowest BCUT2D eigenvalue weighted by atomic mass is 9.81. The molecule has 3 atom stereocenters. The van der Waals surface area contributed by atoms with Crippen LogP contribution < -0.4 is 0 Å². The number of aromatic nitrogens is 2. The molecule has 0 aromatic carbocycles. The molecule has 0 spiro atoms. The number of aromatic amines is 1. The minimum absolute atomic E-state index is 0.261. The number of rotatable bonds is 3. The van der Waals surface area contributed by atoms with Gasteiger partial charge in [0.2, 0.25) is 0 Å². The van der Waals surface area contributed by atoms with Crippen LogP contribution in [0, 0.1) is 17.8 Å². The van der Waals surface area contributed by atoms with Gasteiger partial charge in [0.1, 0.15) is 0 Å². The third-order valence-corrected chi connectivity index (χ3v) is 4.59. The minimum Gasteiger partial charge on any atom is -0.345 e. The fourth-order valence-corrected chi connectivity index (χ4v) is 3.79. The van der Waals surface area contributed by atoms with Gasteiger partial charge in [0.15, 0.2) is 5.78 Å².